The second-order valence-corrected chi connectivity index (χ2v) is 7.88. The van der Waals surface area contributed by atoms with E-state index in [1.165, 1.54) is 0 Å². The molecule has 0 radical (unpaired) electrons. The molecule has 0 bridgehead atoms. The Labute approximate surface area is 200 Å². The van der Waals surface area contributed by atoms with Gasteiger partial charge in [-0.15, -0.1) is 0 Å². The van der Waals surface area contributed by atoms with Crippen LogP contribution in [0.5, 0.6) is 5.75 Å². The molecule has 4 aromatic rings. The van der Waals surface area contributed by atoms with Crippen molar-refractivity contribution in [1.82, 2.24) is 15.0 Å². The Balaban J connectivity index is 1.59. The molecule has 0 saturated heterocycles. The Morgan fingerprint density at radius 3 is 1.94 bits per heavy atom. The van der Waals surface area contributed by atoms with Gasteiger partial charge in [0.1, 0.15) is 5.75 Å². The Morgan fingerprint density at radius 1 is 0.758 bits per heavy atom. The lowest BCUT2D eigenvalue weighted by Crippen LogP contribution is -2.08. The van der Waals surface area contributed by atoms with Crippen molar-refractivity contribution in [3.05, 3.63) is 88.9 Å². The molecule has 0 saturated carbocycles. The molecule has 0 aliphatic heterocycles. The molecule has 0 aliphatic carbocycles. The number of para-hydroxylation sites is 1. The number of hydrogen-bond donors (Lipinski definition) is 3. The van der Waals surface area contributed by atoms with Crippen LogP contribution in [0.15, 0.2) is 88.4 Å². The third-order valence-corrected chi connectivity index (χ3v) is 5.13. The molecule has 8 nitrogen and oxygen atoms in total. The molecule has 4 rings (SSSR count). The summed E-state index contributed by atoms with van der Waals surface area (Å²) >= 11 is 3.45. The summed E-state index contributed by atoms with van der Waals surface area (Å²) in [6.07, 6.45) is 0. The van der Waals surface area contributed by atoms with E-state index in [2.05, 4.69) is 52.0 Å². The molecular weight excluding hydrogens is 482 g/mol. The van der Waals surface area contributed by atoms with Crippen LogP contribution in [-0.2, 0) is 0 Å². The number of hydrogen-bond acceptors (Lipinski definition) is 8. The lowest BCUT2D eigenvalue weighted by molar-refractivity contribution is 0.415. The van der Waals surface area contributed by atoms with Crippen molar-refractivity contribution < 1.29 is 4.74 Å². The van der Waals surface area contributed by atoms with Gasteiger partial charge in [0.15, 0.2) is 0 Å². The molecule has 33 heavy (non-hydrogen) atoms. The van der Waals surface area contributed by atoms with Gasteiger partial charge in [-0.25, -0.2) is 5.43 Å². The van der Waals surface area contributed by atoms with E-state index in [0.29, 0.717) is 17.8 Å². The summed E-state index contributed by atoms with van der Waals surface area (Å²) in [6, 6.07) is 25.1. The zero-order chi connectivity index (χ0) is 23.0. The van der Waals surface area contributed by atoms with Crippen LogP contribution in [0.1, 0.15) is 12.5 Å². The number of aromatic nitrogens is 3. The predicted molar refractivity (Wildman–Crippen MR) is 136 cm³/mol. The highest BCUT2D eigenvalue weighted by molar-refractivity contribution is 9.10. The molecule has 0 unspecified atom stereocenters. The fraction of sp³-hybridized carbons (Fsp3) is 0.0833. The third-order valence-electron chi connectivity index (χ3n) is 4.60. The Kier molecular flexibility index (Phi) is 7.11. The second-order valence-electron chi connectivity index (χ2n) is 6.97. The van der Waals surface area contributed by atoms with Crippen molar-refractivity contribution in [2.75, 3.05) is 23.2 Å². The number of hydrazone groups is 1. The summed E-state index contributed by atoms with van der Waals surface area (Å²) in [5, 5.41) is 10.8. The van der Waals surface area contributed by atoms with E-state index in [-0.39, 0.29) is 0 Å². The average Bonchev–Trinajstić information content (AvgIpc) is 2.84. The van der Waals surface area contributed by atoms with Crippen LogP contribution in [-0.4, -0.2) is 27.8 Å². The average molecular weight is 504 g/mol. The molecule has 9 heteroatoms. The van der Waals surface area contributed by atoms with E-state index in [4.69, 9.17) is 4.74 Å². The molecule has 0 atom stereocenters. The summed E-state index contributed by atoms with van der Waals surface area (Å²) in [5.41, 5.74) is 6.40. The predicted octanol–water partition coefficient (Wildman–Crippen LogP) is 5.97. The number of benzene rings is 3. The van der Waals surface area contributed by atoms with E-state index >= 15 is 0 Å². The maximum absolute atomic E-state index is 5.21. The maximum Gasteiger partial charge on any atom is 0.250 e. The van der Waals surface area contributed by atoms with Crippen LogP contribution in [0.2, 0.25) is 0 Å². The molecule has 166 valence electrons. The van der Waals surface area contributed by atoms with Gasteiger partial charge < -0.3 is 15.4 Å². The van der Waals surface area contributed by atoms with Gasteiger partial charge in [0.2, 0.25) is 17.8 Å². The number of anilines is 5. The Hall–Kier alpha value is -3.98. The van der Waals surface area contributed by atoms with Crippen LogP contribution in [0, 0.1) is 0 Å². The van der Waals surface area contributed by atoms with Gasteiger partial charge in [0, 0.05) is 15.8 Å². The van der Waals surface area contributed by atoms with Crippen molar-refractivity contribution in [3.63, 3.8) is 0 Å². The highest BCUT2D eigenvalue weighted by Gasteiger charge is 2.08. The molecular formula is C24H22BrN7O. The minimum atomic E-state index is 0.302. The molecule has 0 spiro atoms. The Morgan fingerprint density at radius 2 is 1.33 bits per heavy atom. The van der Waals surface area contributed by atoms with Crippen LogP contribution < -0.4 is 20.8 Å². The first kappa shape index (κ1) is 22.2. The van der Waals surface area contributed by atoms with E-state index < -0.39 is 0 Å². The summed E-state index contributed by atoms with van der Waals surface area (Å²) in [4.78, 5) is 13.4. The van der Waals surface area contributed by atoms with E-state index in [1.54, 1.807) is 7.11 Å². The highest BCUT2D eigenvalue weighted by Crippen LogP contribution is 2.21. The number of rotatable bonds is 8. The normalized spacial score (nSPS) is 11.1. The fourth-order valence-electron chi connectivity index (χ4n) is 2.88. The number of ether oxygens (including phenoxy) is 1. The largest absolute Gasteiger partial charge is 0.497 e. The van der Waals surface area contributed by atoms with E-state index in [0.717, 1.165) is 32.9 Å². The summed E-state index contributed by atoms with van der Waals surface area (Å²) in [6.45, 7) is 1.91. The Bertz CT molecular complexity index is 1230. The van der Waals surface area contributed by atoms with Crippen LogP contribution >= 0.6 is 15.9 Å². The summed E-state index contributed by atoms with van der Waals surface area (Å²) in [7, 11) is 1.63. The van der Waals surface area contributed by atoms with Gasteiger partial charge in [0.25, 0.3) is 0 Å². The zero-order valence-electron chi connectivity index (χ0n) is 18.1. The van der Waals surface area contributed by atoms with E-state index in [1.807, 2.05) is 85.8 Å². The number of nitrogens with one attached hydrogen (secondary N) is 3. The first-order valence-electron chi connectivity index (χ1n) is 10.1. The van der Waals surface area contributed by atoms with Gasteiger partial charge in [0.05, 0.1) is 12.8 Å². The minimum absolute atomic E-state index is 0.302. The zero-order valence-corrected chi connectivity index (χ0v) is 19.7. The maximum atomic E-state index is 5.21. The SMILES string of the molecule is COc1ccc(Nc2nc(N/N=C(\C)c3ccc(Br)cc3)nc(Nc3ccccc3)n2)cc1. The van der Waals surface area contributed by atoms with Gasteiger partial charge in [-0.1, -0.05) is 46.3 Å². The number of halogens is 1. The quantitative estimate of drug-likeness (QED) is 0.201. The van der Waals surface area contributed by atoms with Crippen molar-refractivity contribution in [2.45, 2.75) is 6.92 Å². The topological polar surface area (TPSA) is 96.4 Å². The van der Waals surface area contributed by atoms with Gasteiger partial charge >= 0.3 is 0 Å². The van der Waals surface area contributed by atoms with Crippen molar-refractivity contribution in [1.29, 1.82) is 0 Å². The van der Waals surface area contributed by atoms with Crippen molar-refractivity contribution in [3.8, 4) is 5.75 Å². The molecule has 3 N–H and O–H groups in total. The first-order chi connectivity index (χ1) is 16.1. The van der Waals surface area contributed by atoms with Crippen molar-refractivity contribution in [2.24, 2.45) is 5.10 Å². The van der Waals surface area contributed by atoms with Gasteiger partial charge in [-0.2, -0.15) is 20.1 Å². The monoisotopic (exact) mass is 503 g/mol. The fourth-order valence-corrected chi connectivity index (χ4v) is 3.15. The third kappa shape index (κ3) is 6.27. The standard InChI is InChI=1S/C24H22BrN7O/c1-16(17-8-10-18(25)11-9-17)31-32-24-29-22(26-19-6-4-3-5-7-19)28-23(30-24)27-20-12-14-21(33-2)15-13-20/h3-15H,1-2H3,(H3,26,27,28,29,30,32)/b31-16+. The van der Waals surface area contributed by atoms with Gasteiger partial charge in [-0.3, -0.25) is 0 Å². The van der Waals surface area contributed by atoms with Crippen LogP contribution in [0.4, 0.5) is 29.2 Å². The molecule has 1 aromatic heterocycles. The smallest absolute Gasteiger partial charge is 0.250 e. The summed E-state index contributed by atoms with van der Waals surface area (Å²) < 4.78 is 6.22. The van der Waals surface area contributed by atoms with Gasteiger partial charge in [-0.05, 0) is 61.0 Å². The number of nitrogens with zero attached hydrogens (tertiary/aromatic N) is 4. The molecule has 0 fully saturated rings. The van der Waals surface area contributed by atoms with Crippen LogP contribution in [0.3, 0.4) is 0 Å². The molecule has 0 aliphatic rings. The summed E-state index contributed by atoms with van der Waals surface area (Å²) in [5.74, 6) is 1.82. The first-order valence-corrected chi connectivity index (χ1v) is 10.9. The minimum Gasteiger partial charge on any atom is -0.497 e. The highest BCUT2D eigenvalue weighted by atomic mass is 79.9. The van der Waals surface area contributed by atoms with Crippen molar-refractivity contribution >= 4 is 50.9 Å². The lowest BCUT2D eigenvalue weighted by atomic mass is 10.1. The molecule has 0 amide bonds. The molecule has 3 aromatic carbocycles. The second kappa shape index (κ2) is 10.6. The molecule has 1 heterocycles. The van der Waals surface area contributed by atoms with E-state index in [9.17, 15) is 0 Å². The van der Waals surface area contributed by atoms with Crippen LogP contribution in [0.25, 0.3) is 0 Å². The lowest BCUT2D eigenvalue weighted by Gasteiger charge is -2.11. The number of methoxy groups -OCH3 is 1.